The Hall–Kier alpha value is -5.18. The molecule has 1 atom stereocenters. The van der Waals surface area contributed by atoms with Crippen LogP contribution < -0.4 is 10.6 Å². The van der Waals surface area contributed by atoms with Crippen LogP contribution in [0.2, 0.25) is 0 Å². The largest absolute Gasteiger partial charge is 0.456 e. The smallest absolute Gasteiger partial charge is 0.146 e. The minimum atomic E-state index is -2.78. The van der Waals surface area contributed by atoms with Crippen LogP contribution in [0.1, 0.15) is 0 Å². The molecule has 3 aromatic heterocycles. The van der Waals surface area contributed by atoms with Gasteiger partial charge in [0.05, 0.1) is 16.6 Å². The fourth-order valence-corrected chi connectivity index (χ4v) is 8.33. The minimum absolute atomic E-state index is 0.828. The van der Waals surface area contributed by atoms with Crippen molar-refractivity contribution < 1.29 is 8.98 Å². The first-order valence-electron chi connectivity index (χ1n) is 14.4. The number of hydrogen-bond donors (Lipinski definition) is 0. The highest BCUT2D eigenvalue weighted by Gasteiger charge is 2.23. The van der Waals surface area contributed by atoms with Gasteiger partial charge in [0.2, 0.25) is 0 Å². The van der Waals surface area contributed by atoms with Gasteiger partial charge in [-0.1, -0.05) is 78.9 Å². The summed E-state index contributed by atoms with van der Waals surface area (Å²) in [6, 6.07) is 45.5. The van der Waals surface area contributed by atoms with Crippen molar-refractivity contribution in [1.82, 2.24) is 9.38 Å². The quantitative estimate of drug-likeness (QED) is 0.157. The Morgan fingerprint density at radius 1 is 0.558 bits per heavy atom. The summed E-state index contributed by atoms with van der Waals surface area (Å²) in [5.41, 5.74) is 7.90. The second-order valence-electron chi connectivity index (χ2n) is 11.3. The number of hydrogen-bond acceptors (Lipinski definition) is 3. The maximum atomic E-state index is 14.1. The molecule has 0 aliphatic heterocycles. The van der Waals surface area contributed by atoms with Crippen LogP contribution in [0, 0.1) is 0 Å². The van der Waals surface area contributed by atoms with E-state index in [4.69, 9.17) is 9.40 Å². The zero-order valence-corrected chi connectivity index (χ0v) is 24.3. The predicted molar refractivity (Wildman–Crippen MR) is 180 cm³/mol. The van der Waals surface area contributed by atoms with E-state index in [9.17, 15) is 4.57 Å². The van der Waals surface area contributed by atoms with E-state index in [1.165, 1.54) is 0 Å². The number of para-hydroxylation sites is 2. The van der Waals surface area contributed by atoms with E-state index in [0.717, 1.165) is 82.0 Å². The van der Waals surface area contributed by atoms with Crippen molar-refractivity contribution in [2.45, 2.75) is 0 Å². The van der Waals surface area contributed by atoms with Gasteiger partial charge in [-0.3, -0.25) is 4.40 Å². The van der Waals surface area contributed by atoms with Crippen molar-refractivity contribution in [1.29, 1.82) is 0 Å². The lowest BCUT2D eigenvalue weighted by Gasteiger charge is -2.14. The van der Waals surface area contributed by atoms with Crippen molar-refractivity contribution in [3.63, 3.8) is 0 Å². The number of rotatable bonds is 3. The van der Waals surface area contributed by atoms with Crippen molar-refractivity contribution in [3.8, 4) is 11.1 Å². The Labute approximate surface area is 247 Å². The molecule has 5 heteroatoms. The number of aromatic nitrogens is 2. The number of fused-ring (bicyclic) bond motifs is 11. The predicted octanol–water partition coefficient (Wildman–Crippen LogP) is 9.30. The molecule has 0 fully saturated rings. The van der Waals surface area contributed by atoms with Gasteiger partial charge in [-0.05, 0) is 77.8 Å². The standard InChI is InChI=1S/C38H25N2O2P/c1-43(41,26-9-3-2-4-10-26)27-17-19-33-35(23-27)40-34-13-7-5-11-28(34)31-21-24(15-18-30(31)38(40)39-33)25-16-20-37-32(22-25)29-12-6-8-14-36(29)42-37/h2-23H,1H3. The molecule has 0 spiro atoms. The van der Waals surface area contributed by atoms with Gasteiger partial charge in [0.25, 0.3) is 0 Å². The van der Waals surface area contributed by atoms with Crippen molar-refractivity contribution >= 4 is 78.0 Å². The van der Waals surface area contributed by atoms with Gasteiger partial charge in [0.1, 0.15) is 24.0 Å². The molecular weight excluding hydrogens is 547 g/mol. The zero-order chi connectivity index (χ0) is 28.7. The first-order valence-corrected chi connectivity index (χ1v) is 16.5. The third-order valence-electron chi connectivity index (χ3n) is 8.79. The Bertz CT molecular complexity index is 2610. The monoisotopic (exact) mass is 572 g/mol. The molecule has 0 saturated carbocycles. The summed E-state index contributed by atoms with van der Waals surface area (Å²) in [5, 5.41) is 7.31. The van der Waals surface area contributed by atoms with E-state index in [1.807, 2.05) is 61.3 Å². The number of nitrogens with zero attached hydrogens (tertiary/aromatic N) is 2. The lowest BCUT2D eigenvalue weighted by Crippen LogP contribution is -2.14. The van der Waals surface area contributed by atoms with Gasteiger partial charge in [0.15, 0.2) is 0 Å². The Morgan fingerprint density at radius 3 is 2.12 bits per heavy atom. The third-order valence-corrected chi connectivity index (χ3v) is 11.3. The topological polar surface area (TPSA) is 47.5 Å². The lowest BCUT2D eigenvalue weighted by atomic mass is 9.98. The molecule has 6 aromatic carbocycles. The number of benzene rings is 6. The third kappa shape index (κ3) is 3.57. The minimum Gasteiger partial charge on any atom is -0.456 e. The maximum absolute atomic E-state index is 14.1. The molecule has 0 saturated heterocycles. The molecule has 1 unspecified atom stereocenters. The van der Waals surface area contributed by atoms with E-state index >= 15 is 0 Å². The van der Waals surface area contributed by atoms with Crippen LogP contribution in [-0.2, 0) is 4.57 Å². The first-order chi connectivity index (χ1) is 21.1. The molecule has 43 heavy (non-hydrogen) atoms. The summed E-state index contributed by atoms with van der Waals surface area (Å²) in [6.07, 6.45) is 0. The SMILES string of the molecule is CP(=O)(c1ccccc1)c1ccc2nc3c4ccc(-c5ccc6oc7ccccc7c6c5)cc4c4ccccc4n3c2c1. The second-order valence-corrected chi connectivity index (χ2v) is 14.2. The number of imidazole rings is 1. The van der Waals surface area contributed by atoms with Crippen molar-refractivity contribution in [3.05, 3.63) is 133 Å². The van der Waals surface area contributed by atoms with Gasteiger partial charge < -0.3 is 8.98 Å². The van der Waals surface area contributed by atoms with E-state index in [0.29, 0.717) is 0 Å². The fourth-order valence-electron chi connectivity index (χ4n) is 6.56. The summed E-state index contributed by atoms with van der Waals surface area (Å²) in [4.78, 5) is 5.12. The highest BCUT2D eigenvalue weighted by molar-refractivity contribution is 7.78. The molecule has 0 radical (unpaired) electrons. The van der Waals surface area contributed by atoms with Gasteiger partial charge in [0, 0.05) is 32.2 Å². The Morgan fingerprint density at radius 2 is 1.26 bits per heavy atom. The van der Waals surface area contributed by atoms with Crippen LogP contribution in [0.15, 0.2) is 138 Å². The average molecular weight is 573 g/mol. The van der Waals surface area contributed by atoms with Gasteiger partial charge in [-0.25, -0.2) is 4.98 Å². The first kappa shape index (κ1) is 24.4. The van der Waals surface area contributed by atoms with Crippen molar-refractivity contribution in [2.24, 2.45) is 0 Å². The Balaban J connectivity index is 1.29. The van der Waals surface area contributed by atoms with Crippen LogP contribution in [0.3, 0.4) is 0 Å². The zero-order valence-electron chi connectivity index (χ0n) is 23.4. The molecule has 0 N–H and O–H groups in total. The number of pyridine rings is 1. The van der Waals surface area contributed by atoms with Crippen LogP contribution in [-0.4, -0.2) is 16.0 Å². The highest BCUT2D eigenvalue weighted by Crippen LogP contribution is 2.41. The maximum Gasteiger partial charge on any atom is 0.146 e. The summed E-state index contributed by atoms with van der Waals surface area (Å²) in [7, 11) is -2.78. The van der Waals surface area contributed by atoms with Gasteiger partial charge >= 0.3 is 0 Å². The summed E-state index contributed by atoms with van der Waals surface area (Å²) >= 11 is 0. The molecule has 0 aliphatic rings. The molecule has 3 heterocycles. The lowest BCUT2D eigenvalue weighted by molar-refractivity contribution is 0.590. The molecule has 0 bridgehead atoms. The van der Waals surface area contributed by atoms with Crippen LogP contribution in [0.25, 0.3) is 71.4 Å². The molecule has 0 aliphatic carbocycles. The second kappa shape index (κ2) is 8.91. The number of furan rings is 1. The van der Waals surface area contributed by atoms with Crippen molar-refractivity contribution in [2.75, 3.05) is 6.66 Å². The molecule has 4 nitrogen and oxygen atoms in total. The highest BCUT2D eigenvalue weighted by atomic mass is 31.2. The summed E-state index contributed by atoms with van der Waals surface area (Å²) in [5.74, 6) is 0. The van der Waals surface area contributed by atoms with Crippen LogP contribution >= 0.6 is 7.14 Å². The summed E-state index contributed by atoms with van der Waals surface area (Å²) in [6.45, 7) is 1.85. The van der Waals surface area contributed by atoms with Gasteiger partial charge in [-0.2, -0.15) is 0 Å². The van der Waals surface area contributed by atoms with Crippen LogP contribution in [0.5, 0.6) is 0 Å². The van der Waals surface area contributed by atoms with E-state index < -0.39 is 7.14 Å². The molecular formula is C38H25N2O2P. The fraction of sp³-hybridized carbons (Fsp3) is 0.0263. The van der Waals surface area contributed by atoms with Gasteiger partial charge in [-0.15, -0.1) is 0 Å². The average Bonchev–Trinajstić information content (AvgIpc) is 3.63. The summed E-state index contributed by atoms with van der Waals surface area (Å²) < 4.78 is 22.4. The van der Waals surface area contributed by atoms with E-state index in [-0.39, 0.29) is 0 Å². The molecule has 204 valence electrons. The van der Waals surface area contributed by atoms with E-state index in [2.05, 4.69) is 83.3 Å². The van der Waals surface area contributed by atoms with Crippen LogP contribution in [0.4, 0.5) is 0 Å². The normalized spacial score (nSPS) is 13.5. The van der Waals surface area contributed by atoms with E-state index in [1.54, 1.807) is 0 Å². The molecule has 0 amide bonds. The molecule has 9 aromatic rings. The Kier molecular flexibility index (Phi) is 5.06. The molecule has 9 rings (SSSR count).